The van der Waals surface area contributed by atoms with Crippen molar-refractivity contribution in [2.24, 2.45) is 5.92 Å². The third-order valence-electron chi connectivity index (χ3n) is 12.1. The Balaban J connectivity index is 2.39. The molecule has 1 fully saturated rings. The lowest BCUT2D eigenvalue weighted by Gasteiger charge is -2.40. The molecule has 11 nitrogen and oxygen atoms in total. The lowest BCUT2D eigenvalue weighted by atomic mass is 9.98. The molecule has 0 aromatic rings. The van der Waals surface area contributed by atoms with Gasteiger partial charge < -0.3 is 50.5 Å². The van der Waals surface area contributed by atoms with Gasteiger partial charge in [0.05, 0.1) is 25.4 Å². The van der Waals surface area contributed by atoms with E-state index in [0.29, 0.717) is 19.3 Å². The van der Waals surface area contributed by atoms with Crippen molar-refractivity contribution in [2.45, 2.75) is 275 Å². The maximum atomic E-state index is 13.1. The van der Waals surface area contributed by atoms with Gasteiger partial charge in [0, 0.05) is 0 Å². The second-order valence-corrected chi connectivity index (χ2v) is 18.0. The van der Waals surface area contributed by atoms with E-state index in [1.807, 2.05) is 0 Å². The molecule has 9 unspecified atom stereocenters. The smallest absolute Gasteiger partial charge is 0.249 e. The molecule has 1 heterocycles. The minimum atomic E-state index is -1.66. The van der Waals surface area contributed by atoms with Crippen LogP contribution in [0.15, 0.2) is 0 Å². The lowest BCUT2D eigenvalue weighted by Crippen LogP contribution is -2.60. The van der Waals surface area contributed by atoms with Gasteiger partial charge in [0.15, 0.2) is 6.29 Å². The van der Waals surface area contributed by atoms with Crippen LogP contribution in [0.25, 0.3) is 0 Å². The molecule has 11 heteroatoms. The minimum Gasteiger partial charge on any atom is -0.394 e. The molecule has 0 saturated carbocycles. The summed E-state index contributed by atoms with van der Waals surface area (Å²) < 4.78 is 11.1. The number of rotatable bonds is 40. The Morgan fingerprint density at radius 1 is 0.569 bits per heavy atom. The molecule has 0 aromatic heterocycles. The van der Waals surface area contributed by atoms with Gasteiger partial charge in [0.2, 0.25) is 5.91 Å². The fraction of sp³-hybridized carbons (Fsp3) is 0.979. The maximum absolute atomic E-state index is 13.1. The second-order valence-electron chi connectivity index (χ2n) is 18.0. The average molecular weight is 832 g/mol. The van der Waals surface area contributed by atoms with Crippen molar-refractivity contribution in [3.63, 3.8) is 0 Å². The molecule has 58 heavy (non-hydrogen) atoms. The number of carbonyl (C=O) groups is 1. The van der Waals surface area contributed by atoms with Gasteiger partial charge in [-0.05, 0) is 18.8 Å². The zero-order valence-corrected chi connectivity index (χ0v) is 37.5. The molecule has 0 aromatic carbocycles. The van der Waals surface area contributed by atoms with Gasteiger partial charge >= 0.3 is 0 Å². The molecule has 346 valence electrons. The number of nitrogens with one attached hydrogen (secondary N) is 1. The molecular weight excluding hydrogens is 739 g/mol. The van der Waals surface area contributed by atoms with Crippen LogP contribution in [0.3, 0.4) is 0 Å². The maximum Gasteiger partial charge on any atom is 0.249 e. The van der Waals surface area contributed by atoms with Crippen molar-refractivity contribution >= 4 is 5.91 Å². The summed E-state index contributed by atoms with van der Waals surface area (Å²) in [7, 11) is 0. The van der Waals surface area contributed by atoms with Crippen molar-refractivity contribution in [1.82, 2.24) is 5.32 Å². The molecule has 8 N–H and O–H groups in total. The summed E-state index contributed by atoms with van der Waals surface area (Å²) in [4.78, 5) is 13.1. The SMILES string of the molecule is CCCCCCCCCCCCCCCCCCCCCC(O)C(=O)NC(COC1OC(CO)C(O)C(O)C1O)C(O)C(O)CCCCCCCCCCCC(C)C. The van der Waals surface area contributed by atoms with E-state index in [1.165, 1.54) is 135 Å². The molecule has 0 aliphatic carbocycles. The first-order valence-electron chi connectivity index (χ1n) is 24.3. The summed E-state index contributed by atoms with van der Waals surface area (Å²) in [5, 5.41) is 75.7. The normalized spacial score (nSPS) is 21.9. The highest BCUT2D eigenvalue weighted by Gasteiger charge is 2.44. The zero-order valence-electron chi connectivity index (χ0n) is 37.5. The predicted octanol–water partition coefficient (Wildman–Crippen LogP) is 8.14. The highest BCUT2D eigenvalue weighted by molar-refractivity contribution is 5.80. The summed E-state index contributed by atoms with van der Waals surface area (Å²) in [6.45, 7) is 5.74. The average Bonchev–Trinajstić information content (AvgIpc) is 3.21. The van der Waals surface area contributed by atoms with Gasteiger partial charge in [-0.3, -0.25) is 4.79 Å². The molecular formula is C47H93NO10. The van der Waals surface area contributed by atoms with E-state index in [-0.39, 0.29) is 6.42 Å². The first-order chi connectivity index (χ1) is 28.0. The number of aliphatic hydroxyl groups excluding tert-OH is 7. The highest BCUT2D eigenvalue weighted by atomic mass is 16.7. The van der Waals surface area contributed by atoms with Crippen LogP contribution in [-0.4, -0.2) is 110 Å². The van der Waals surface area contributed by atoms with Crippen LogP contribution in [0.2, 0.25) is 0 Å². The Morgan fingerprint density at radius 2 is 0.966 bits per heavy atom. The number of carbonyl (C=O) groups excluding carboxylic acids is 1. The van der Waals surface area contributed by atoms with E-state index in [0.717, 1.165) is 44.4 Å². The molecule has 0 radical (unpaired) electrons. The number of unbranched alkanes of at least 4 members (excludes halogenated alkanes) is 26. The zero-order chi connectivity index (χ0) is 42.8. The topological polar surface area (TPSA) is 189 Å². The Bertz CT molecular complexity index is 926. The van der Waals surface area contributed by atoms with Crippen molar-refractivity contribution in [2.75, 3.05) is 13.2 Å². The summed E-state index contributed by atoms with van der Waals surface area (Å²) >= 11 is 0. The Labute approximate surface area is 354 Å². The number of hydrogen-bond acceptors (Lipinski definition) is 10. The van der Waals surface area contributed by atoms with E-state index in [1.54, 1.807) is 0 Å². The van der Waals surface area contributed by atoms with Crippen molar-refractivity contribution < 1.29 is 50.0 Å². The Morgan fingerprint density at radius 3 is 1.38 bits per heavy atom. The third-order valence-corrected chi connectivity index (χ3v) is 12.1. The fourth-order valence-electron chi connectivity index (χ4n) is 8.04. The highest BCUT2D eigenvalue weighted by Crippen LogP contribution is 2.23. The summed E-state index contributed by atoms with van der Waals surface area (Å²) in [6, 6.07) is -1.16. The molecule has 1 aliphatic rings. The van der Waals surface area contributed by atoms with Crippen LogP contribution < -0.4 is 5.32 Å². The van der Waals surface area contributed by atoms with Crippen LogP contribution in [0.5, 0.6) is 0 Å². The van der Waals surface area contributed by atoms with Crippen molar-refractivity contribution in [3.05, 3.63) is 0 Å². The molecule has 1 rings (SSSR count). The Hall–Kier alpha value is -0.890. The van der Waals surface area contributed by atoms with Crippen LogP contribution in [0.1, 0.15) is 220 Å². The second kappa shape index (κ2) is 36.7. The molecule has 9 atom stereocenters. The van der Waals surface area contributed by atoms with Crippen LogP contribution in [0.4, 0.5) is 0 Å². The van der Waals surface area contributed by atoms with E-state index in [4.69, 9.17) is 9.47 Å². The first-order valence-corrected chi connectivity index (χ1v) is 24.3. The fourth-order valence-corrected chi connectivity index (χ4v) is 8.04. The van der Waals surface area contributed by atoms with Crippen LogP contribution in [-0.2, 0) is 14.3 Å². The van der Waals surface area contributed by atoms with E-state index < -0.39 is 74.2 Å². The minimum absolute atomic E-state index is 0.265. The number of amides is 1. The molecule has 0 bridgehead atoms. The first kappa shape index (κ1) is 55.1. The van der Waals surface area contributed by atoms with E-state index in [9.17, 15) is 40.5 Å². The molecule has 1 saturated heterocycles. The Kier molecular flexibility index (Phi) is 34.9. The largest absolute Gasteiger partial charge is 0.394 e. The van der Waals surface area contributed by atoms with Gasteiger partial charge in [-0.25, -0.2) is 0 Å². The van der Waals surface area contributed by atoms with Crippen molar-refractivity contribution in [1.29, 1.82) is 0 Å². The predicted molar refractivity (Wildman–Crippen MR) is 233 cm³/mol. The van der Waals surface area contributed by atoms with Gasteiger partial charge in [-0.15, -0.1) is 0 Å². The monoisotopic (exact) mass is 832 g/mol. The number of ether oxygens (including phenoxy) is 2. The summed E-state index contributed by atoms with van der Waals surface area (Å²) in [5.74, 6) is 0.0698. The number of aliphatic hydroxyl groups is 7. The summed E-state index contributed by atoms with van der Waals surface area (Å²) in [5.41, 5.74) is 0. The molecule has 1 amide bonds. The lowest BCUT2D eigenvalue weighted by molar-refractivity contribution is -0.303. The third kappa shape index (κ3) is 27.1. The van der Waals surface area contributed by atoms with Crippen molar-refractivity contribution in [3.8, 4) is 0 Å². The van der Waals surface area contributed by atoms with Gasteiger partial charge in [0.25, 0.3) is 0 Å². The van der Waals surface area contributed by atoms with Crippen LogP contribution >= 0.6 is 0 Å². The van der Waals surface area contributed by atoms with Gasteiger partial charge in [-0.2, -0.15) is 0 Å². The van der Waals surface area contributed by atoms with Gasteiger partial charge in [-0.1, -0.05) is 207 Å². The van der Waals surface area contributed by atoms with E-state index >= 15 is 0 Å². The number of hydrogen-bond donors (Lipinski definition) is 8. The quantitative estimate of drug-likeness (QED) is 0.0280. The van der Waals surface area contributed by atoms with Gasteiger partial charge in [0.1, 0.15) is 36.6 Å². The standard InChI is InChI=1S/C47H93NO10/c1-4-5-6-7-8-9-10-11-12-13-14-15-16-17-18-21-25-28-31-34-40(51)46(56)48-38(36-57-47-45(55)44(54)43(53)41(35-49)58-47)42(52)39(50)33-30-27-24-22-19-20-23-26-29-32-37(2)3/h37-45,47,49-55H,4-36H2,1-3H3,(H,48,56). The molecule has 0 spiro atoms. The van der Waals surface area contributed by atoms with E-state index in [2.05, 4.69) is 26.1 Å². The van der Waals surface area contributed by atoms with Crippen LogP contribution in [0, 0.1) is 5.92 Å². The molecule has 1 aliphatic heterocycles. The summed E-state index contributed by atoms with van der Waals surface area (Å²) in [6.07, 6.45) is 24.5.